The molecule has 3 nitrogen and oxygen atoms in total. The Labute approximate surface area is 148 Å². The maximum absolute atomic E-state index is 12.5. The molecule has 0 N–H and O–H groups in total. The topological polar surface area (TPSA) is 34.9 Å². The smallest absolute Gasteiger partial charge is 0.267 e. The largest absolute Gasteiger partial charge is 0.274 e. The maximum atomic E-state index is 12.5. The molecule has 0 radical (unpaired) electrons. The van der Waals surface area contributed by atoms with E-state index in [9.17, 15) is 4.79 Å². The molecule has 0 aliphatic heterocycles. The first kappa shape index (κ1) is 16.3. The quantitative estimate of drug-likeness (QED) is 0.608. The molecule has 3 aromatic rings. The Balaban J connectivity index is 2.28. The van der Waals surface area contributed by atoms with Crippen molar-refractivity contribution >= 4 is 45.6 Å². The van der Waals surface area contributed by atoms with E-state index in [2.05, 4.69) is 5.10 Å². The summed E-state index contributed by atoms with van der Waals surface area (Å²) in [4.78, 5) is 12.5. The summed E-state index contributed by atoms with van der Waals surface area (Å²) in [5, 5.41) is 6.87. The number of nitrogens with zero attached hydrogens (tertiary/aromatic N) is 2. The Kier molecular flexibility index (Phi) is 4.90. The molecular formula is C17H13Cl3N2O. The van der Waals surface area contributed by atoms with Gasteiger partial charge in [-0.25, -0.2) is 4.68 Å². The van der Waals surface area contributed by atoms with Crippen LogP contribution in [0.1, 0.15) is 6.42 Å². The molecule has 0 fully saturated rings. The number of benzene rings is 2. The lowest BCUT2D eigenvalue weighted by Gasteiger charge is -2.11. The highest BCUT2D eigenvalue weighted by Crippen LogP contribution is 2.30. The van der Waals surface area contributed by atoms with Gasteiger partial charge in [0.1, 0.15) is 0 Å². The summed E-state index contributed by atoms with van der Waals surface area (Å²) < 4.78 is 1.46. The summed E-state index contributed by atoms with van der Waals surface area (Å²) in [7, 11) is 0. The Bertz CT molecular complexity index is 921. The molecule has 0 bridgehead atoms. The van der Waals surface area contributed by atoms with Crippen LogP contribution in [0.2, 0.25) is 10.0 Å². The van der Waals surface area contributed by atoms with Gasteiger partial charge in [0.2, 0.25) is 0 Å². The monoisotopic (exact) mass is 366 g/mol. The van der Waals surface area contributed by atoms with Crippen LogP contribution in [-0.2, 0) is 6.54 Å². The van der Waals surface area contributed by atoms with Crippen LogP contribution in [0.4, 0.5) is 0 Å². The summed E-state index contributed by atoms with van der Waals surface area (Å²) in [6.07, 6.45) is 0.674. The first-order valence-electron chi connectivity index (χ1n) is 7.13. The van der Waals surface area contributed by atoms with Crippen molar-refractivity contribution in [3.63, 3.8) is 0 Å². The SMILES string of the molecule is O=c1c2ccccc2c(-c2ccc(Cl)c(Cl)c2)nn1CCCCl. The van der Waals surface area contributed by atoms with Gasteiger partial charge >= 0.3 is 0 Å². The number of aryl methyl sites for hydroxylation is 1. The Morgan fingerprint density at radius 3 is 2.43 bits per heavy atom. The molecule has 2 aromatic carbocycles. The van der Waals surface area contributed by atoms with E-state index >= 15 is 0 Å². The van der Waals surface area contributed by atoms with Gasteiger partial charge in [-0.1, -0.05) is 47.5 Å². The predicted molar refractivity (Wildman–Crippen MR) is 96.8 cm³/mol. The van der Waals surface area contributed by atoms with Crippen LogP contribution in [0.5, 0.6) is 0 Å². The molecule has 0 saturated heterocycles. The molecule has 0 unspecified atom stereocenters. The number of aromatic nitrogens is 2. The molecule has 0 amide bonds. The van der Waals surface area contributed by atoms with E-state index in [-0.39, 0.29) is 5.56 Å². The van der Waals surface area contributed by atoms with Crippen molar-refractivity contribution in [2.45, 2.75) is 13.0 Å². The van der Waals surface area contributed by atoms with Crippen molar-refractivity contribution in [3.05, 3.63) is 62.9 Å². The zero-order valence-electron chi connectivity index (χ0n) is 12.1. The third-order valence-corrected chi connectivity index (χ3v) is 4.57. The van der Waals surface area contributed by atoms with Gasteiger partial charge in [-0.2, -0.15) is 5.10 Å². The van der Waals surface area contributed by atoms with Gasteiger partial charge in [0.25, 0.3) is 5.56 Å². The third kappa shape index (κ3) is 3.23. The van der Waals surface area contributed by atoms with Gasteiger partial charge in [-0.05, 0) is 24.6 Å². The Hall–Kier alpha value is -1.55. The van der Waals surface area contributed by atoms with Gasteiger partial charge in [-0.3, -0.25) is 4.79 Å². The standard InChI is InChI=1S/C17H13Cl3N2O/c18-8-3-9-22-17(23)13-5-2-1-4-12(13)16(21-22)11-6-7-14(19)15(20)10-11/h1-2,4-7,10H,3,8-9H2. The van der Waals surface area contributed by atoms with E-state index in [4.69, 9.17) is 34.8 Å². The van der Waals surface area contributed by atoms with Gasteiger partial charge in [-0.15, -0.1) is 11.6 Å². The van der Waals surface area contributed by atoms with E-state index in [1.54, 1.807) is 18.2 Å². The lowest BCUT2D eigenvalue weighted by Crippen LogP contribution is -2.24. The highest BCUT2D eigenvalue weighted by atomic mass is 35.5. The van der Waals surface area contributed by atoms with Crippen LogP contribution in [0.25, 0.3) is 22.0 Å². The lowest BCUT2D eigenvalue weighted by atomic mass is 10.1. The molecule has 1 aromatic heterocycles. The summed E-state index contributed by atoms with van der Waals surface area (Å²) in [6.45, 7) is 0.474. The molecule has 0 atom stereocenters. The molecule has 6 heteroatoms. The highest BCUT2D eigenvalue weighted by Gasteiger charge is 2.13. The number of fused-ring (bicyclic) bond motifs is 1. The molecule has 0 spiro atoms. The number of halogens is 3. The fourth-order valence-corrected chi connectivity index (χ4v) is 2.87. The molecule has 0 aliphatic rings. The van der Waals surface area contributed by atoms with E-state index in [0.29, 0.717) is 40.0 Å². The minimum absolute atomic E-state index is 0.116. The minimum atomic E-state index is -0.116. The predicted octanol–water partition coefficient (Wildman–Crippen LogP) is 5.00. The van der Waals surface area contributed by atoms with Crippen molar-refractivity contribution in [1.29, 1.82) is 0 Å². The normalized spacial score (nSPS) is 11.1. The van der Waals surface area contributed by atoms with E-state index in [1.165, 1.54) is 4.68 Å². The summed E-state index contributed by atoms with van der Waals surface area (Å²) in [5.74, 6) is 0.475. The van der Waals surface area contributed by atoms with Crippen LogP contribution in [0.3, 0.4) is 0 Å². The van der Waals surface area contributed by atoms with Gasteiger partial charge in [0.05, 0.1) is 21.1 Å². The molecule has 118 valence electrons. The van der Waals surface area contributed by atoms with Gasteiger partial charge in [0, 0.05) is 23.4 Å². The third-order valence-electron chi connectivity index (χ3n) is 3.56. The molecule has 1 heterocycles. The zero-order chi connectivity index (χ0) is 16.4. The summed E-state index contributed by atoms with van der Waals surface area (Å²) in [6, 6.07) is 12.7. The second-order valence-electron chi connectivity index (χ2n) is 5.09. The second-order valence-corrected chi connectivity index (χ2v) is 6.29. The van der Waals surface area contributed by atoms with Crippen molar-refractivity contribution in [1.82, 2.24) is 9.78 Å². The van der Waals surface area contributed by atoms with Crippen molar-refractivity contribution in [2.75, 3.05) is 5.88 Å². The Morgan fingerprint density at radius 1 is 1.00 bits per heavy atom. The fraction of sp³-hybridized carbons (Fsp3) is 0.176. The maximum Gasteiger partial charge on any atom is 0.274 e. The zero-order valence-corrected chi connectivity index (χ0v) is 14.4. The summed E-state index contributed by atoms with van der Waals surface area (Å²) >= 11 is 17.9. The number of alkyl halides is 1. The van der Waals surface area contributed by atoms with Crippen molar-refractivity contribution in [2.24, 2.45) is 0 Å². The lowest BCUT2D eigenvalue weighted by molar-refractivity contribution is 0.578. The van der Waals surface area contributed by atoms with E-state index in [1.807, 2.05) is 24.3 Å². The molecular weight excluding hydrogens is 355 g/mol. The summed E-state index contributed by atoms with van der Waals surface area (Å²) in [5.41, 5.74) is 1.40. The van der Waals surface area contributed by atoms with Crippen molar-refractivity contribution < 1.29 is 0 Å². The van der Waals surface area contributed by atoms with E-state index < -0.39 is 0 Å². The van der Waals surface area contributed by atoms with E-state index in [0.717, 1.165) is 10.9 Å². The second kappa shape index (κ2) is 6.91. The Morgan fingerprint density at radius 2 is 1.74 bits per heavy atom. The average molecular weight is 368 g/mol. The molecule has 23 heavy (non-hydrogen) atoms. The highest BCUT2D eigenvalue weighted by molar-refractivity contribution is 6.42. The van der Waals surface area contributed by atoms with Crippen molar-refractivity contribution in [3.8, 4) is 11.3 Å². The molecule has 0 aliphatic carbocycles. The fourth-order valence-electron chi connectivity index (χ4n) is 2.45. The number of hydrogen-bond acceptors (Lipinski definition) is 2. The first-order valence-corrected chi connectivity index (χ1v) is 8.42. The van der Waals surface area contributed by atoms with Gasteiger partial charge in [0.15, 0.2) is 0 Å². The van der Waals surface area contributed by atoms with Crippen LogP contribution in [0.15, 0.2) is 47.3 Å². The minimum Gasteiger partial charge on any atom is -0.267 e. The van der Waals surface area contributed by atoms with Crippen LogP contribution < -0.4 is 5.56 Å². The van der Waals surface area contributed by atoms with Crippen LogP contribution in [-0.4, -0.2) is 15.7 Å². The van der Waals surface area contributed by atoms with Gasteiger partial charge < -0.3 is 0 Å². The number of rotatable bonds is 4. The molecule has 3 rings (SSSR count). The van der Waals surface area contributed by atoms with Crippen LogP contribution in [0, 0.1) is 0 Å². The first-order chi connectivity index (χ1) is 11.1. The number of hydrogen-bond donors (Lipinski definition) is 0. The van der Waals surface area contributed by atoms with Crippen LogP contribution >= 0.6 is 34.8 Å². The molecule has 0 saturated carbocycles. The average Bonchev–Trinajstić information content (AvgIpc) is 2.57.